The molecule has 1 saturated heterocycles. The topological polar surface area (TPSA) is 633 Å². The molecule has 10 amide bonds. The van der Waals surface area contributed by atoms with Gasteiger partial charge in [0, 0.05) is 95.9 Å². The molecule has 1 aliphatic rings. The number of carboxylic acid groups (broad SMARTS) is 2. The minimum atomic E-state index is -2.36. The van der Waals surface area contributed by atoms with Crippen LogP contribution in [0, 0.1) is 23.7 Å². The number of nitrogens with one attached hydrogen (secondary N) is 12. The van der Waals surface area contributed by atoms with Gasteiger partial charge in [0.1, 0.15) is 55.6 Å². The van der Waals surface area contributed by atoms with E-state index in [2.05, 4.69) is 92.9 Å². The summed E-state index contributed by atoms with van der Waals surface area (Å²) < 4.78 is 15.9. The van der Waals surface area contributed by atoms with Gasteiger partial charge in [-0.25, -0.2) is 4.79 Å². The fourth-order valence-electron chi connectivity index (χ4n) is 13.0. The summed E-state index contributed by atoms with van der Waals surface area (Å²) in [6.45, 7) is 6.09. The maximum Gasteiger partial charge on any atom is 0.329 e. The van der Waals surface area contributed by atoms with Crippen molar-refractivity contribution < 1.29 is 126 Å². The number of carbonyl (C=O) groups is 19. The highest BCUT2D eigenvalue weighted by Gasteiger charge is 2.41. The van der Waals surface area contributed by atoms with Gasteiger partial charge in [0.05, 0.1) is 63.1 Å². The van der Waals surface area contributed by atoms with E-state index in [1.807, 2.05) is 0 Å². The van der Waals surface area contributed by atoms with Gasteiger partial charge in [-0.3, -0.25) is 86.3 Å². The quantitative estimate of drug-likeness (QED) is 0.0108. The van der Waals surface area contributed by atoms with Crippen molar-refractivity contribution in [1.29, 1.82) is 0 Å². The summed E-state index contributed by atoms with van der Waals surface area (Å²) in [5.74, 6) is -27.4. The van der Waals surface area contributed by atoms with E-state index in [0.29, 0.717) is 39.3 Å². The van der Waals surface area contributed by atoms with Crippen LogP contribution in [-0.4, -0.2) is 239 Å². The molecule has 40 nitrogen and oxygen atoms in total. The second-order valence-corrected chi connectivity index (χ2v) is 30.0. The number of aliphatic carboxylic acids is 2. The van der Waals surface area contributed by atoms with Crippen molar-refractivity contribution in [2.75, 3.05) is 51.3 Å². The van der Waals surface area contributed by atoms with E-state index in [0.717, 1.165) is 39.0 Å². The van der Waals surface area contributed by atoms with Crippen LogP contribution in [0.25, 0.3) is 10.9 Å². The third-order valence-corrected chi connectivity index (χ3v) is 20.1. The van der Waals surface area contributed by atoms with E-state index in [-0.39, 0.29) is 75.3 Å². The molecule has 1 aromatic heterocycles. The van der Waals surface area contributed by atoms with Crippen LogP contribution in [-0.2, 0) is 114 Å². The smallest absolute Gasteiger partial charge is 0.329 e. The summed E-state index contributed by atoms with van der Waals surface area (Å²) in [7, 11) is 0. The Labute approximate surface area is 700 Å². The van der Waals surface area contributed by atoms with Gasteiger partial charge >= 0.3 is 17.9 Å². The zero-order valence-corrected chi connectivity index (χ0v) is 69.2. The van der Waals surface area contributed by atoms with Crippen LogP contribution in [0.2, 0.25) is 0 Å². The molecular formula is C79H111BrN14O26. The summed E-state index contributed by atoms with van der Waals surface area (Å²) in [5.41, 5.74) is 12.9. The van der Waals surface area contributed by atoms with Crippen molar-refractivity contribution in [1.82, 2.24) is 58.2 Å². The number of H-pyrrole nitrogens is 1. The lowest BCUT2D eigenvalue weighted by Gasteiger charge is -2.29. The number of carboxylic acids is 2. The van der Waals surface area contributed by atoms with Crippen molar-refractivity contribution in [3.63, 3.8) is 0 Å². The van der Waals surface area contributed by atoms with Crippen LogP contribution >= 0.6 is 15.9 Å². The maximum absolute atomic E-state index is 15.1. The minimum absolute atomic E-state index is 0.00481. The normalized spacial score (nSPS) is 20.9. The van der Waals surface area contributed by atoms with Gasteiger partial charge in [-0.15, -0.1) is 0 Å². The Balaban J connectivity index is 1.92. The van der Waals surface area contributed by atoms with E-state index < -0.39 is 256 Å². The lowest BCUT2D eigenvalue weighted by atomic mass is 9.84. The highest BCUT2D eigenvalue weighted by molar-refractivity contribution is 9.10. The molecule has 13 atom stereocenters. The van der Waals surface area contributed by atoms with Gasteiger partial charge in [0.25, 0.3) is 12.9 Å². The third kappa shape index (κ3) is 34.4. The molecule has 2 aromatic carbocycles. The number of amides is 10. The number of hydrogen-bond donors (Lipinski definition) is 18. The first-order valence-corrected chi connectivity index (χ1v) is 40.1. The molecule has 20 N–H and O–H groups in total. The highest BCUT2D eigenvalue weighted by atomic mass is 79.9. The number of halogens is 1. The molecule has 41 heteroatoms. The number of unbranched alkanes of at least 4 members (excludes halogenated alkanes) is 6. The molecule has 0 radical (unpaired) electrons. The average molecular weight is 1750 g/mol. The fourth-order valence-corrected chi connectivity index (χ4v) is 13.3. The first-order valence-electron chi connectivity index (χ1n) is 39.3. The Morgan fingerprint density at radius 3 is 1.97 bits per heavy atom. The predicted molar refractivity (Wildman–Crippen MR) is 431 cm³/mol. The molecule has 0 unspecified atom stereocenters. The Morgan fingerprint density at radius 1 is 0.692 bits per heavy atom. The van der Waals surface area contributed by atoms with Crippen LogP contribution in [0.3, 0.4) is 0 Å². The summed E-state index contributed by atoms with van der Waals surface area (Å²) >= 11 is 3.31. The molecule has 1 aliphatic heterocycles. The maximum atomic E-state index is 15.1. The number of aliphatic hydroxyl groups is 2. The van der Waals surface area contributed by atoms with Crippen molar-refractivity contribution >= 4 is 146 Å². The molecule has 4 rings (SSSR count). The van der Waals surface area contributed by atoms with Crippen molar-refractivity contribution in [2.24, 2.45) is 35.1 Å². The SMILES string of the molecule is C=C1NCC(=O)N[C@H](CO)C(=O)C[C@@H]([C@H](C)CC(=O)O)C(=O)N[C@@H](CC(=O)c2cc(Br)ccc2NCC)C(=O)O[C@H](C)[C@H](NC(=O)[C@H](CC(=O)O)CC(=O)[C@@H](CC(N)=O)NC(=O)[C@H](Cc2c[nH]c3ccc(CO)cc23)NC(=O)CCCCCCCCC)C(=O)NCC(=O)N[C@@H](CCCN)C(=O)C[C@@H](COC=O)C(=O)N[C@H](C)C(=O)N[C@H]1COC=O. The number of esters is 1. The summed E-state index contributed by atoms with van der Waals surface area (Å²) in [6.07, 6.45) is -2.29. The number of nitrogens with two attached hydrogens (primary N) is 2. The van der Waals surface area contributed by atoms with Gasteiger partial charge in [-0.2, -0.15) is 0 Å². The highest BCUT2D eigenvalue weighted by Crippen LogP contribution is 2.28. The van der Waals surface area contributed by atoms with E-state index in [9.17, 15) is 107 Å². The van der Waals surface area contributed by atoms with Crippen LogP contribution in [0.4, 0.5) is 5.69 Å². The first-order chi connectivity index (χ1) is 57.0. The standard InChI is InChI=1S/C79H111BrN14O26/c1-7-9-10-11-12-13-14-17-67(104)89-58(25-48-33-85-54-20-18-46(36-95)24-52(48)54)77(115)91-57(32-66(82)103)64(101)26-47(28-71(109)110)74(112)94-72-45(6)120-79(117)59(31-62(99)53-29-50(80)19-21-55(53)83-8-2)92-76(114)51(42(3)23-70(107)108)30-65(102)60(37-96)90-68(105)34-84-43(4)61(39-119-41-98)93-73(111)44(5)87-75(113)49(38-118-40-97)27-63(100)56(16-15-22-81)88-69(106)35-86-78(72)116/h18-21,24,29,33,40-42,44-45,47,49,51,56-61,72,83-85,95-96H,4,7-17,22-23,25-28,30-32,34-39,81H2,1-3,5-6H3,(H2,82,103)(H,86,116)(H,87,113)(H,88,106)(H,89,104)(H,90,105)(H,91,115)(H,92,114)(H,93,111)(H,94,112)(H,107,108)(H,109,110)/t42-,44-,45-,47+,49+,51+,56+,57-,58+,59+,60-,61+,72+/m1/s1. The predicted octanol–water partition coefficient (Wildman–Crippen LogP) is -0.862. The monoisotopic (exact) mass is 1750 g/mol. The molecule has 2 heterocycles. The van der Waals surface area contributed by atoms with Crippen molar-refractivity contribution in [3.05, 3.63) is 76.0 Å². The van der Waals surface area contributed by atoms with Crippen LogP contribution in [0.1, 0.15) is 165 Å². The molecule has 3 aromatic rings. The molecule has 0 spiro atoms. The second kappa shape index (κ2) is 52.4. The van der Waals surface area contributed by atoms with Gasteiger partial charge in [0.15, 0.2) is 23.1 Å². The molecule has 660 valence electrons. The summed E-state index contributed by atoms with van der Waals surface area (Å²) in [6, 6.07) is -5.03. The Bertz CT molecular complexity index is 4140. The number of rotatable bonds is 41. The van der Waals surface area contributed by atoms with Crippen LogP contribution < -0.4 is 70.0 Å². The van der Waals surface area contributed by atoms with Gasteiger partial charge in [-0.1, -0.05) is 80.9 Å². The molecule has 0 saturated carbocycles. The minimum Gasteiger partial charge on any atom is -0.481 e. The van der Waals surface area contributed by atoms with Crippen LogP contribution in [0.5, 0.6) is 0 Å². The van der Waals surface area contributed by atoms with E-state index in [4.69, 9.17) is 25.7 Å². The summed E-state index contributed by atoms with van der Waals surface area (Å²) in [4.78, 5) is 265. The molecular weight excluding hydrogens is 1640 g/mol. The van der Waals surface area contributed by atoms with E-state index in [1.165, 1.54) is 26.0 Å². The van der Waals surface area contributed by atoms with Gasteiger partial charge in [-0.05, 0) is 94.0 Å². The number of fused-ring (bicyclic) bond motifs is 1. The number of aromatic amines is 1. The molecule has 0 aliphatic carbocycles. The number of Topliss-reactive ketones (excluding diaryl/α,β-unsaturated/α-hetero) is 4. The number of ketones is 4. The van der Waals surface area contributed by atoms with E-state index >= 15 is 4.79 Å². The third-order valence-electron chi connectivity index (χ3n) is 19.6. The molecule has 0 bridgehead atoms. The van der Waals surface area contributed by atoms with Crippen molar-refractivity contribution in [3.8, 4) is 0 Å². The Kier molecular flexibility index (Phi) is 44.0. The number of aromatic nitrogens is 1. The molecule has 120 heavy (non-hydrogen) atoms. The zero-order chi connectivity index (χ0) is 89.3. The number of hydrogen-bond acceptors (Lipinski definition) is 27. The van der Waals surface area contributed by atoms with Gasteiger partial charge in [0.2, 0.25) is 59.1 Å². The number of benzene rings is 2. The fraction of sp³-hybridized carbons (Fsp3) is 0.557. The number of aliphatic hydroxyl groups excluding tert-OH is 2. The zero-order valence-electron chi connectivity index (χ0n) is 67.6. The number of cyclic esters (lactones) is 1. The van der Waals surface area contributed by atoms with Crippen molar-refractivity contribution in [2.45, 2.75) is 211 Å². The lowest BCUT2D eigenvalue weighted by Crippen LogP contribution is -2.57. The number of carbonyl (C=O) groups excluding carboxylic acids is 17. The Hall–Kier alpha value is -11.6. The largest absolute Gasteiger partial charge is 0.481 e. The lowest BCUT2D eigenvalue weighted by molar-refractivity contribution is -0.156. The first kappa shape index (κ1) is 101. The van der Waals surface area contributed by atoms with Gasteiger partial charge < -0.3 is 110 Å². The van der Waals surface area contributed by atoms with E-state index in [1.54, 1.807) is 37.4 Å². The van der Waals surface area contributed by atoms with Crippen LogP contribution in [0.15, 0.2) is 59.3 Å². The second-order valence-electron chi connectivity index (χ2n) is 29.1. The summed E-state index contributed by atoms with van der Waals surface area (Å²) in [5, 5.41) is 68.4. The number of primary amides is 1. The average Bonchev–Trinajstić information content (AvgIpc) is 1.45. The molecule has 1 fully saturated rings. The number of anilines is 1. The Morgan fingerprint density at radius 2 is 1.33 bits per heavy atom. The number of ether oxygens (including phenoxy) is 3.